The number of hydrogen-bond donors (Lipinski definition) is 2. The number of nitrogens with one attached hydrogen (secondary N) is 2. The summed E-state index contributed by atoms with van der Waals surface area (Å²) < 4.78 is 108. The van der Waals surface area contributed by atoms with Gasteiger partial charge in [0, 0.05) is 18.1 Å². The summed E-state index contributed by atoms with van der Waals surface area (Å²) in [6, 6.07) is 1.12. The first-order valence-electron chi connectivity index (χ1n) is 10.1. The lowest BCUT2D eigenvalue weighted by Gasteiger charge is -2.20. The molecule has 2 heterocycles. The molecule has 190 valence electrons. The van der Waals surface area contributed by atoms with Crippen LogP contribution in [0.25, 0.3) is 17.0 Å². The van der Waals surface area contributed by atoms with Gasteiger partial charge in [0.2, 0.25) is 5.91 Å². The Morgan fingerprint density at radius 2 is 1.80 bits per heavy atom. The number of nitrogens with zero attached hydrogens (tertiary/aromatic N) is 3. The second-order valence-corrected chi connectivity index (χ2v) is 8.65. The van der Waals surface area contributed by atoms with Crippen LogP contribution in [0.2, 0.25) is 0 Å². The molecular weight excluding hydrogens is 514 g/mol. The van der Waals surface area contributed by atoms with Crippen molar-refractivity contribution in [2.24, 2.45) is 13.0 Å². The second-order valence-electron chi connectivity index (χ2n) is 8.22. The largest absolute Gasteiger partial charge is 0.459 e. The van der Waals surface area contributed by atoms with Crippen molar-refractivity contribution in [3.05, 3.63) is 40.2 Å². The van der Waals surface area contributed by atoms with Gasteiger partial charge in [-0.2, -0.15) is 45.3 Å². The van der Waals surface area contributed by atoms with Crippen molar-refractivity contribution >= 4 is 23.1 Å². The molecule has 1 saturated carbocycles. The first-order valence-corrected chi connectivity index (χ1v) is 10.5. The maximum Gasteiger partial charge on any atom is 0.459 e. The van der Waals surface area contributed by atoms with Crippen LogP contribution in [0, 0.1) is 5.92 Å². The smallest absolute Gasteiger partial charge is 0.353 e. The molecule has 35 heavy (non-hydrogen) atoms. The van der Waals surface area contributed by atoms with Gasteiger partial charge < -0.3 is 5.32 Å². The maximum absolute atomic E-state index is 13.9. The topological polar surface area (TPSA) is 75.6 Å². The molecule has 0 bridgehead atoms. The van der Waals surface area contributed by atoms with Gasteiger partial charge in [0.25, 0.3) is 0 Å². The minimum Gasteiger partial charge on any atom is -0.353 e. The summed E-state index contributed by atoms with van der Waals surface area (Å²) in [5, 5.41) is 12.0. The Hall–Kier alpha value is -2.90. The van der Waals surface area contributed by atoms with Crippen molar-refractivity contribution in [2.75, 3.05) is 0 Å². The molecule has 1 fully saturated rings. The number of hydrogen-bond acceptors (Lipinski definition) is 3. The SMILES string of the molecule is Cn1nc(C(F)(F)C(F)(F)F)c(C(F)(F)F)c1-c1cc(C2=CC=C(Cl)C(C(=O)NC3CC3)C2)n[nH]1. The number of rotatable bonds is 5. The third-order valence-corrected chi connectivity index (χ3v) is 5.98. The van der Waals surface area contributed by atoms with Gasteiger partial charge in [-0.25, -0.2) is 0 Å². The van der Waals surface area contributed by atoms with Crippen molar-refractivity contribution in [1.29, 1.82) is 0 Å². The lowest BCUT2D eigenvalue weighted by atomic mass is 9.91. The van der Waals surface area contributed by atoms with Gasteiger partial charge in [0.05, 0.1) is 23.0 Å². The van der Waals surface area contributed by atoms with Gasteiger partial charge in [-0.1, -0.05) is 17.7 Å². The molecule has 2 aliphatic rings. The van der Waals surface area contributed by atoms with E-state index in [1.54, 1.807) is 0 Å². The molecule has 4 rings (SSSR count). The molecule has 0 aromatic carbocycles. The van der Waals surface area contributed by atoms with Gasteiger partial charge in [-0.15, -0.1) is 0 Å². The quantitative estimate of drug-likeness (QED) is 0.517. The molecular formula is C20H16ClF8N5O. The van der Waals surface area contributed by atoms with Crippen LogP contribution >= 0.6 is 11.6 Å². The fourth-order valence-electron chi connectivity index (χ4n) is 3.68. The molecule has 15 heteroatoms. The molecule has 0 radical (unpaired) electrons. The van der Waals surface area contributed by atoms with Crippen molar-refractivity contribution in [1.82, 2.24) is 25.3 Å². The first-order chi connectivity index (χ1) is 16.1. The molecule has 1 unspecified atom stereocenters. The third-order valence-electron chi connectivity index (χ3n) is 5.59. The number of amides is 1. The molecule has 0 aliphatic heterocycles. The Morgan fingerprint density at radius 3 is 2.37 bits per heavy atom. The molecule has 0 saturated heterocycles. The highest BCUT2D eigenvalue weighted by Crippen LogP contribution is 2.50. The Bertz CT molecular complexity index is 1220. The normalized spacial score (nSPS) is 19.4. The highest BCUT2D eigenvalue weighted by Gasteiger charge is 2.64. The van der Waals surface area contributed by atoms with E-state index in [1.807, 2.05) is 0 Å². The molecule has 0 spiro atoms. The number of halogens is 9. The predicted molar refractivity (Wildman–Crippen MR) is 107 cm³/mol. The maximum atomic E-state index is 13.9. The fourth-order valence-corrected chi connectivity index (χ4v) is 3.92. The van der Waals surface area contributed by atoms with E-state index in [-0.39, 0.29) is 33.8 Å². The van der Waals surface area contributed by atoms with E-state index in [2.05, 4.69) is 20.6 Å². The highest BCUT2D eigenvalue weighted by molar-refractivity contribution is 6.31. The minimum absolute atomic E-state index is 0.0487. The van der Waals surface area contributed by atoms with Gasteiger partial charge in [0.15, 0.2) is 5.69 Å². The van der Waals surface area contributed by atoms with Gasteiger partial charge in [-0.3, -0.25) is 14.6 Å². The van der Waals surface area contributed by atoms with Crippen molar-refractivity contribution in [3.63, 3.8) is 0 Å². The molecule has 2 aliphatic carbocycles. The van der Waals surface area contributed by atoms with Crippen molar-refractivity contribution in [2.45, 2.75) is 43.6 Å². The third kappa shape index (κ3) is 4.67. The molecule has 2 aromatic heterocycles. The second kappa shape index (κ2) is 8.35. The van der Waals surface area contributed by atoms with Crippen LogP contribution in [0.4, 0.5) is 35.1 Å². The summed E-state index contributed by atoms with van der Waals surface area (Å²) in [5.41, 5.74) is -5.79. The van der Waals surface area contributed by atoms with Crippen molar-refractivity contribution < 1.29 is 39.9 Å². The van der Waals surface area contributed by atoms with Gasteiger partial charge in [-0.05, 0) is 37.0 Å². The average Bonchev–Trinajstić information content (AvgIpc) is 3.27. The zero-order valence-electron chi connectivity index (χ0n) is 17.7. The molecule has 1 amide bonds. The number of carbonyl (C=O) groups is 1. The number of H-pyrrole nitrogens is 1. The number of allylic oxidation sites excluding steroid dienone is 3. The number of alkyl halides is 8. The van der Waals surface area contributed by atoms with E-state index >= 15 is 0 Å². The zero-order chi connectivity index (χ0) is 25.9. The average molecular weight is 530 g/mol. The highest BCUT2D eigenvalue weighted by atomic mass is 35.5. The Labute approximate surface area is 197 Å². The zero-order valence-corrected chi connectivity index (χ0v) is 18.4. The van der Waals surface area contributed by atoms with E-state index in [0.29, 0.717) is 5.57 Å². The summed E-state index contributed by atoms with van der Waals surface area (Å²) in [4.78, 5) is 12.4. The standard InChI is InChI=1S/C20H16ClF8N5O/c1-34-15(14(19(24,25)26)16(33-34)18(22,23)20(27,28)29)13-7-12(31-32-13)8-2-5-11(21)10(6-8)17(35)30-9-3-4-9/h2,5,7,9-10H,3-4,6H2,1H3,(H,30,35)(H,31,32). The monoisotopic (exact) mass is 529 g/mol. The van der Waals surface area contributed by atoms with Crippen molar-refractivity contribution in [3.8, 4) is 11.4 Å². The lowest BCUT2D eigenvalue weighted by molar-refractivity contribution is -0.292. The summed E-state index contributed by atoms with van der Waals surface area (Å²) in [7, 11) is 0.807. The van der Waals surface area contributed by atoms with Crippen LogP contribution in [0.15, 0.2) is 23.3 Å². The molecule has 2 N–H and O–H groups in total. The van der Waals surface area contributed by atoms with E-state index in [4.69, 9.17) is 11.6 Å². The predicted octanol–water partition coefficient (Wildman–Crippen LogP) is 5.29. The first kappa shape index (κ1) is 25.2. The summed E-state index contributed by atoms with van der Waals surface area (Å²) in [5.74, 6) is -6.95. The number of aromatic nitrogens is 4. The van der Waals surface area contributed by atoms with Crippen LogP contribution in [-0.4, -0.2) is 38.1 Å². The summed E-state index contributed by atoms with van der Waals surface area (Å²) in [6.07, 6.45) is -7.25. The van der Waals surface area contributed by atoms with Crippen LogP contribution < -0.4 is 5.32 Å². The van der Waals surface area contributed by atoms with Gasteiger partial charge >= 0.3 is 18.3 Å². The fraction of sp³-hybridized carbons (Fsp3) is 0.450. The van der Waals surface area contributed by atoms with Crippen LogP contribution in [-0.2, 0) is 23.9 Å². The van der Waals surface area contributed by atoms with Crippen LogP contribution in [0.5, 0.6) is 0 Å². The van der Waals surface area contributed by atoms with E-state index < -0.39 is 46.8 Å². The van der Waals surface area contributed by atoms with Crippen LogP contribution in [0.3, 0.4) is 0 Å². The molecule has 2 aromatic rings. The Kier molecular flexibility index (Phi) is 6.01. The lowest BCUT2D eigenvalue weighted by Crippen LogP contribution is -2.36. The van der Waals surface area contributed by atoms with Gasteiger partial charge in [0.1, 0.15) is 5.56 Å². The van der Waals surface area contributed by atoms with E-state index in [0.717, 1.165) is 26.0 Å². The van der Waals surface area contributed by atoms with E-state index in [1.165, 1.54) is 12.2 Å². The Balaban J connectivity index is 1.71. The number of aryl methyl sites for hydroxylation is 1. The molecule has 6 nitrogen and oxygen atoms in total. The minimum atomic E-state index is -6.30. The summed E-state index contributed by atoms with van der Waals surface area (Å²) in [6.45, 7) is 0. The number of carbonyl (C=O) groups excluding carboxylic acids is 1. The van der Waals surface area contributed by atoms with E-state index in [9.17, 15) is 39.9 Å². The number of aromatic amines is 1. The van der Waals surface area contributed by atoms with Crippen LogP contribution in [0.1, 0.15) is 36.2 Å². The Morgan fingerprint density at radius 1 is 1.14 bits per heavy atom. The molecule has 1 atom stereocenters. The summed E-state index contributed by atoms with van der Waals surface area (Å²) >= 11 is 6.14.